The zero-order valence-electron chi connectivity index (χ0n) is 34.0. The summed E-state index contributed by atoms with van der Waals surface area (Å²) in [6, 6.07) is 9.07. The van der Waals surface area contributed by atoms with Crippen molar-refractivity contribution in [3.63, 3.8) is 0 Å². The van der Waals surface area contributed by atoms with Crippen LogP contribution in [0, 0.1) is 11.5 Å². The maximum absolute atomic E-state index is 6.16. The van der Waals surface area contributed by atoms with E-state index in [0.29, 0.717) is 16.6 Å². The molecule has 0 heterocycles. The summed E-state index contributed by atoms with van der Waals surface area (Å²) < 4.78 is 12.3. The summed E-state index contributed by atoms with van der Waals surface area (Å²) in [5, 5.41) is 0. The van der Waals surface area contributed by atoms with Crippen molar-refractivity contribution in [2.75, 3.05) is 14.2 Å². The first-order chi connectivity index (χ1) is 21.2. The van der Waals surface area contributed by atoms with Gasteiger partial charge in [0.1, 0.15) is 25.6 Å². The normalized spacial score (nSPS) is 13.6. The van der Waals surface area contributed by atoms with Crippen molar-refractivity contribution < 1.29 is 9.47 Å². The second-order valence-electron chi connectivity index (χ2n) is 18.6. The molecule has 0 spiro atoms. The molecule has 0 bridgehead atoms. The van der Waals surface area contributed by atoms with Crippen molar-refractivity contribution in [1.29, 1.82) is 0 Å². The van der Waals surface area contributed by atoms with Crippen LogP contribution < -0.4 is 9.47 Å². The van der Waals surface area contributed by atoms with Gasteiger partial charge in [-0.2, -0.15) is 0 Å². The largest absolute Gasteiger partial charge is 0.496 e. The standard InChI is InChI=1S/C43H69NO2Si/c1-28(2)47(29(3)4,30(5)6)23-21-22-44-37(31-24-33(40(7,8)9)38(45-19)34(25-31)41(10,11)12)32-26-35(42(13,14)15)39(46-20)36(27-32)43(16,17)18/h22,24-30,37H,1-20H3. The van der Waals surface area contributed by atoms with Crippen LogP contribution in [0.2, 0.25) is 16.6 Å². The summed E-state index contributed by atoms with van der Waals surface area (Å²) in [4.78, 5) is 5.39. The molecule has 4 heteroatoms. The minimum atomic E-state index is -1.90. The molecule has 0 aromatic heterocycles. The molecule has 0 N–H and O–H groups in total. The van der Waals surface area contributed by atoms with E-state index in [9.17, 15) is 0 Å². The minimum Gasteiger partial charge on any atom is -0.496 e. The number of hydrogen-bond acceptors (Lipinski definition) is 3. The molecule has 0 unspecified atom stereocenters. The lowest BCUT2D eigenvalue weighted by atomic mass is 9.75. The van der Waals surface area contributed by atoms with E-state index in [1.807, 2.05) is 6.21 Å². The first kappa shape index (κ1) is 40.7. The lowest BCUT2D eigenvalue weighted by Gasteiger charge is -2.37. The molecular formula is C43H69NO2Si. The van der Waals surface area contributed by atoms with Gasteiger partial charge in [-0.15, -0.1) is 5.54 Å². The Labute approximate surface area is 291 Å². The zero-order chi connectivity index (χ0) is 36.5. The molecule has 0 saturated carbocycles. The number of nitrogens with zero attached hydrogens (tertiary/aromatic N) is 1. The van der Waals surface area contributed by atoms with Crippen LogP contribution in [-0.4, -0.2) is 28.5 Å². The summed E-state index contributed by atoms with van der Waals surface area (Å²) in [6.45, 7) is 41.4. The summed E-state index contributed by atoms with van der Waals surface area (Å²) in [5.74, 6) is 5.48. The summed E-state index contributed by atoms with van der Waals surface area (Å²) in [7, 11) is 1.70. The third-order valence-corrected chi connectivity index (χ3v) is 16.2. The van der Waals surface area contributed by atoms with Crippen LogP contribution in [0.1, 0.15) is 164 Å². The van der Waals surface area contributed by atoms with Gasteiger partial charge >= 0.3 is 0 Å². The Morgan fingerprint density at radius 2 is 0.830 bits per heavy atom. The first-order valence-electron chi connectivity index (χ1n) is 17.7. The van der Waals surface area contributed by atoms with Crippen molar-refractivity contribution in [1.82, 2.24) is 0 Å². The van der Waals surface area contributed by atoms with Crippen LogP contribution in [-0.2, 0) is 21.7 Å². The third-order valence-electron chi connectivity index (χ3n) is 9.94. The van der Waals surface area contributed by atoms with Crippen LogP contribution in [0.4, 0.5) is 0 Å². The Kier molecular flexibility index (Phi) is 12.6. The molecular weight excluding hydrogens is 591 g/mol. The molecule has 3 nitrogen and oxygen atoms in total. The Hall–Kier alpha value is -2.51. The third kappa shape index (κ3) is 8.94. The fourth-order valence-corrected chi connectivity index (χ4v) is 12.5. The molecule has 47 heavy (non-hydrogen) atoms. The molecule has 0 fully saturated rings. The molecule has 2 rings (SSSR count). The van der Waals surface area contributed by atoms with Gasteiger partial charge in [0.25, 0.3) is 0 Å². The molecule has 262 valence electrons. The van der Waals surface area contributed by atoms with E-state index in [-0.39, 0.29) is 27.7 Å². The fourth-order valence-electron chi connectivity index (χ4n) is 7.35. The number of ether oxygens (including phenoxy) is 2. The molecule has 2 aromatic carbocycles. The number of rotatable bonds is 8. The topological polar surface area (TPSA) is 30.8 Å². The van der Waals surface area contributed by atoms with Gasteiger partial charge in [-0.25, -0.2) is 0 Å². The maximum atomic E-state index is 6.16. The van der Waals surface area contributed by atoms with Gasteiger partial charge < -0.3 is 9.47 Å². The monoisotopic (exact) mass is 660 g/mol. The molecule has 0 radical (unpaired) electrons. The van der Waals surface area contributed by atoms with Crippen LogP contribution in [0.25, 0.3) is 0 Å². The smallest absolute Gasteiger partial charge is 0.146 e. The van der Waals surface area contributed by atoms with E-state index >= 15 is 0 Å². The van der Waals surface area contributed by atoms with Crippen LogP contribution in [0.5, 0.6) is 11.5 Å². The van der Waals surface area contributed by atoms with E-state index in [1.165, 1.54) is 22.3 Å². The van der Waals surface area contributed by atoms with Crippen molar-refractivity contribution in [2.24, 2.45) is 4.99 Å². The lowest BCUT2D eigenvalue weighted by molar-refractivity contribution is 0.380. The van der Waals surface area contributed by atoms with E-state index in [0.717, 1.165) is 22.6 Å². The highest BCUT2D eigenvalue weighted by molar-refractivity contribution is 6.90. The SMILES string of the molecule is COc1c(C(C)(C)C)cc(C(N=CC#C[Si](C(C)C)(C(C)C)C(C)C)c2cc(C(C)(C)C)c(OC)c(C(C)(C)C)c2)cc1C(C)(C)C. The highest BCUT2D eigenvalue weighted by Gasteiger charge is 2.41. The second kappa shape index (κ2) is 14.5. The first-order valence-corrected chi connectivity index (χ1v) is 20.0. The van der Waals surface area contributed by atoms with Gasteiger partial charge in [0, 0.05) is 22.3 Å². The van der Waals surface area contributed by atoms with Crippen molar-refractivity contribution in [2.45, 2.75) is 169 Å². The van der Waals surface area contributed by atoms with Gasteiger partial charge in [0.05, 0.1) is 20.4 Å². The summed E-state index contributed by atoms with van der Waals surface area (Å²) in [6.07, 6.45) is 1.91. The van der Waals surface area contributed by atoms with Gasteiger partial charge in [0.2, 0.25) is 0 Å². The minimum absolute atomic E-state index is 0.126. The van der Waals surface area contributed by atoms with Crippen molar-refractivity contribution in [3.05, 3.63) is 57.6 Å². The van der Waals surface area contributed by atoms with Gasteiger partial charge in [-0.05, 0) is 73.7 Å². The second-order valence-corrected chi connectivity index (χ2v) is 24.2. The predicted molar refractivity (Wildman–Crippen MR) is 210 cm³/mol. The molecule has 0 atom stereocenters. The quantitative estimate of drug-likeness (QED) is 0.160. The highest BCUT2D eigenvalue weighted by atomic mass is 28.3. The lowest BCUT2D eigenvalue weighted by Crippen LogP contribution is -2.43. The Morgan fingerprint density at radius 1 is 0.553 bits per heavy atom. The molecule has 0 saturated heterocycles. The maximum Gasteiger partial charge on any atom is 0.146 e. The number of benzene rings is 2. The van der Waals surface area contributed by atoms with E-state index < -0.39 is 8.07 Å². The average Bonchev–Trinajstić information content (AvgIpc) is 2.91. The van der Waals surface area contributed by atoms with Crippen LogP contribution in [0.15, 0.2) is 29.3 Å². The van der Waals surface area contributed by atoms with Crippen LogP contribution in [0.3, 0.4) is 0 Å². The molecule has 0 aliphatic rings. The Morgan fingerprint density at radius 3 is 1.04 bits per heavy atom. The van der Waals surface area contributed by atoms with Gasteiger partial charge in [0.15, 0.2) is 0 Å². The van der Waals surface area contributed by atoms with E-state index in [2.05, 4.69) is 160 Å². The van der Waals surface area contributed by atoms with E-state index in [4.69, 9.17) is 14.5 Å². The molecule has 2 aromatic rings. The number of hydrogen-bond donors (Lipinski definition) is 0. The summed E-state index contributed by atoms with van der Waals surface area (Å²) >= 11 is 0. The Balaban J connectivity index is 3.16. The van der Waals surface area contributed by atoms with Gasteiger partial charge in [-0.3, -0.25) is 4.99 Å². The van der Waals surface area contributed by atoms with Crippen LogP contribution >= 0.6 is 0 Å². The molecule has 0 aliphatic carbocycles. The Bertz CT molecular complexity index is 1300. The number of aliphatic imine (C=N–C) groups is 1. The van der Waals surface area contributed by atoms with Gasteiger partial charge in [-0.1, -0.05) is 131 Å². The zero-order valence-corrected chi connectivity index (χ0v) is 35.0. The molecule has 0 aliphatic heterocycles. The van der Waals surface area contributed by atoms with Crippen molar-refractivity contribution >= 4 is 14.3 Å². The fraction of sp³-hybridized carbons (Fsp3) is 0.651. The molecule has 0 amide bonds. The van der Waals surface area contributed by atoms with E-state index in [1.54, 1.807) is 14.2 Å². The predicted octanol–water partition coefficient (Wildman–Crippen LogP) is 12.3. The average molecular weight is 660 g/mol. The number of methoxy groups -OCH3 is 2. The highest BCUT2D eigenvalue weighted by Crippen LogP contribution is 2.46. The summed E-state index contributed by atoms with van der Waals surface area (Å²) in [5.41, 5.74) is 12.2. The van der Waals surface area contributed by atoms with Crippen molar-refractivity contribution in [3.8, 4) is 23.0 Å².